The smallest absolute Gasteiger partial charge is 0.280 e. The molecule has 0 aromatic carbocycles. The van der Waals surface area contributed by atoms with Crippen molar-refractivity contribution in [2.24, 2.45) is 5.92 Å². The molecule has 0 spiro atoms. The highest BCUT2D eigenvalue weighted by molar-refractivity contribution is 7.13. The standard InChI is InChI=1S/C25H34N8O3S/c1-14-11-26-25(27-12-14)28-15(2)21(34)29-17-7-6-16(24(36)32(3)4)10-19(17)30-22(35)23-31-18-8-9-33(5)13-20(18)37-23/h11-12,16-17,19H,2,6-10,13H2,1,3-5H3,(H,29,34)(H,30,35)(H,26,27,28)/t16-,17-,19+/m0/s1. The van der Waals surface area contributed by atoms with E-state index in [2.05, 4.69) is 42.4 Å². The summed E-state index contributed by atoms with van der Waals surface area (Å²) in [6.07, 6.45) is 5.66. The molecule has 3 heterocycles. The Labute approximate surface area is 220 Å². The molecule has 0 radical (unpaired) electrons. The van der Waals surface area contributed by atoms with Gasteiger partial charge in [-0.2, -0.15) is 0 Å². The summed E-state index contributed by atoms with van der Waals surface area (Å²) in [4.78, 5) is 56.6. The summed E-state index contributed by atoms with van der Waals surface area (Å²) in [5, 5.41) is 9.28. The van der Waals surface area contributed by atoms with Gasteiger partial charge in [0.25, 0.3) is 11.8 Å². The lowest BCUT2D eigenvalue weighted by atomic mass is 9.81. The molecule has 2 aliphatic rings. The van der Waals surface area contributed by atoms with Gasteiger partial charge in [0.1, 0.15) is 0 Å². The molecule has 1 saturated carbocycles. The number of rotatable bonds is 7. The Morgan fingerprint density at radius 2 is 1.86 bits per heavy atom. The molecule has 0 saturated heterocycles. The summed E-state index contributed by atoms with van der Waals surface area (Å²) >= 11 is 1.40. The molecule has 2 aromatic rings. The monoisotopic (exact) mass is 526 g/mol. The van der Waals surface area contributed by atoms with Gasteiger partial charge in [-0.05, 0) is 38.8 Å². The highest BCUT2D eigenvalue weighted by Crippen LogP contribution is 2.28. The molecule has 11 nitrogen and oxygen atoms in total. The second-order valence-electron chi connectivity index (χ2n) is 9.97. The summed E-state index contributed by atoms with van der Waals surface area (Å²) in [6, 6.07) is -0.813. The lowest BCUT2D eigenvalue weighted by molar-refractivity contribution is -0.134. The maximum absolute atomic E-state index is 13.2. The van der Waals surface area contributed by atoms with E-state index in [0.29, 0.717) is 24.3 Å². The molecule has 0 unspecified atom stereocenters. The van der Waals surface area contributed by atoms with Gasteiger partial charge in [0, 0.05) is 62.8 Å². The molecule has 2 aromatic heterocycles. The van der Waals surface area contributed by atoms with Crippen LogP contribution in [-0.2, 0) is 22.6 Å². The van der Waals surface area contributed by atoms with Crippen LogP contribution in [0, 0.1) is 12.8 Å². The number of likely N-dealkylation sites (N-methyl/N-ethyl adjacent to an activating group) is 1. The third-order valence-corrected chi connectivity index (χ3v) is 7.79. The number of carbonyl (C=O) groups excluding carboxylic acids is 3. The van der Waals surface area contributed by atoms with Crippen LogP contribution in [0.15, 0.2) is 24.7 Å². The van der Waals surface area contributed by atoms with Crippen molar-refractivity contribution in [1.82, 2.24) is 35.4 Å². The Kier molecular flexibility index (Phi) is 8.18. The summed E-state index contributed by atoms with van der Waals surface area (Å²) in [7, 11) is 5.50. The van der Waals surface area contributed by atoms with Gasteiger partial charge in [0.2, 0.25) is 11.9 Å². The van der Waals surface area contributed by atoms with Crippen LogP contribution in [0.2, 0.25) is 0 Å². The zero-order valence-electron chi connectivity index (χ0n) is 21.7. The number of amides is 3. The van der Waals surface area contributed by atoms with Gasteiger partial charge in [-0.15, -0.1) is 11.3 Å². The summed E-state index contributed by atoms with van der Waals surface area (Å²) in [6.45, 7) is 7.38. The zero-order chi connectivity index (χ0) is 26.7. The molecule has 1 aliphatic carbocycles. The highest BCUT2D eigenvalue weighted by atomic mass is 32.1. The fraction of sp³-hybridized carbons (Fsp3) is 0.520. The minimum absolute atomic E-state index is 0.0133. The first kappa shape index (κ1) is 26.7. The molecule has 3 N–H and O–H groups in total. The number of hydrogen-bond acceptors (Lipinski definition) is 9. The first-order chi connectivity index (χ1) is 17.6. The quantitative estimate of drug-likeness (QED) is 0.461. The number of nitrogens with one attached hydrogen (secondary N) is 3. The van der Waals surface area contributed by atoms with Gasteiger partial charge in [-0.25, -0.2) is 15.0 Å². The predicted octanol–water partition coefficient (Wildman–Crippen LogP) is 1.33. The van der Waals surface area contributed by atoms with E-state index >= 15 is 0 Å². The molecule has 1 aliphatic heterocycles. The Balaban J connectivity index is 1.45. The maximum atomic E-state index is 13.2. The number of anilines is 1. The molecule has 198 valence electrons. The Bertz CT molecular complexity index is 1180. The van der Waals surface area contributed by atoms with E-state index in [-0.39, 0.29) is 35.4 Å². The van der Waals surface area contributed by atoms with E-state index < -0.39 is 11.9 Å². The van der Waals surface area contributed by atoms with Crippen LogP contribution in [0.4, 0.5) is 5.95 Å². The highest BCUT2D eigenvalue weighted by Gasteiger charge is 2.37. The molecular weight excluding hydrogens is 492 g/mol. The van der Waals surface area contributed by atoms with E-state index in [9.17, 15) is 14.4 Å². The Morgan fingerprint density at radius 3 is 2.57 bits per heavy atom. The van der Waals surface area contributed by atoms with Gasteiger partial charge in [0.05, 0.1) is 17.4 Å². The second kappa shape index (κ2) is 11.3. The first-order valence-corrected chi connectivity index (χ1v) is 13.2. The molecule has 0 bridgehead atoms. The molecule has 4 rings (SSSR count). The third kappa shape index (κ3) is 6.50. The number of hydrogen-bond donors (Lipinski definition) is 3. The van der Waals surface area contributed by atoms with Crippen molar-refractivity contribution in [2.45, 2.75) is 51.2 Å². The van der Waals surface area contributed by atoms with Crippen LogP contribution >= 0.6 is 11.3 Å². The van der Waals surface area contributed by atoms with Crippen LogP contribution in [0.5, 0.6) is 0 Å². The van der Waals surface area contributed by atoms with E-state index in [1.54, 1.807) is 31.4 Å². The average Bonchev–Trinajstić information content (AvgIpc) is 3.29. The molecule has 3 atom stereocenters. The molecule has 3 amide bonds. The predicted molar refractivity (Wildman–Crippen MR) is 141 cm³/mol. The van der Waals surface area contributed by atoms with E-state index in [1.807, 2.05) is 14.0 Å². The van der Waals surface area contributed by atoms with Gasteiger partial charge >= 0.3 is 0 Å². The van der Waals surface area contributed by atoms with Crippen LogP contribution in [0.3, 0.4) is 0 Å². The minimum atomic E-state index is -0.439. The van der Waals surface area contributed by atoms with Crippen LogP contribution in [0.1, 0.15) is 45.2 Å². The molecule has 1 fully saturated rings. The minimum Gasteiger partial charge on any atom is -0.349 e. The number of fused-ring (bicyclic) bond motifs is 1. The largest absolute Gasteiger partial charge is 0.349 e. The lowest BCUT2D eigenvalue weighted by Crippen LogP contribution is -2.56. The third-order valence-electron chi connectivity index (χ3n) is 6.71. The second-order valence-corrected chi connectivity index (χ2v) is 11.1. The Hall–Kier alpha value is -3.38. The van der Waals surface area contributed by atoms with Crippen LogP contribution in [0.25, 0.3) is 0 Å². The van der Waals surface area contributed by atoms with Crippen molar-refractivity contribution < 1.29 is 14.4 Å². The van der Waals surface area contributed by atoms with Crippen LogP contribution < -0.4 is 16.0 Å². The Morgan fingerprint density at radius 1 is 1.14 bits per heavy atom. The van der Waals surface area contributed by atoms with Gasteiger partial charge in [0.15, 0.2) is 5.01 Å². The van der Waals surface area contributed by atoms with Gasteiger partial charge in [-0.1, -0.05) is 6.58 Å². The number of aryl methyl sites for hydroxylation is 1. The number of thiazole rings is 1. The molecule has 12 heteroatoms. The average molecular weight is 527 g/mol. The van der Waals surface area contributed by atoms with E-state index in [1.165, 1.54) is 11.3 Å². The van der Waals surface area contributed by atoms with Crippen molar-refractivity contribution in [3.05, 3.63) is 45.8 Å². The fourth-order valence-electron chi connectivity index (χ4n) is 4.65. The van der Waals surface area contributed by atoms with Crippen LogP contribution in [-0.4, -0.2) is 82.2 Å². The summed E-state index contributed by atoms with van der Waals surface area (Å²) in [5.74, 6) is -0.657. The summed E-state index contributed by atoms with van der Waals surface area (Å²) < 4.78 is 0. The normalized spacial score (nSPS) is 21.5. The fourth-order valence-corrected chi connectivity index (χ4v) is 5.74. The van der Waals surface area contributed by atoms with Crippen molar-refractivity contribution in [3.8, 4) is 0 Å². The number of nitrogens with zero attached hydrogens (tertiary/aromatic N) is 5. The van der Waals surface area contributed by atoms with Gasteiger partial charge < -0.3 is 25.8 Å². The zero-order valence-corrected chi connectivity index (χ0v) is 22.5. The van der Waals surface area contributed by atoms with E-state index in [4.69, 9.17) is 0 Å². The molecular formula is C25H34N8O3S. The number of carbonyl (C=O) groups is 3. The van der Waals surface area contributed by atoms with E-state index in [0.717, 1.165) is 35.6 Å². The summed E-state index contributed by atoms with van der Waals surface area (Å²) in [5.41, 5.74) is 1.97. The van der Waals surface area contributed by atoms with Crippen molar-refractivity contribution in [3.63, 3.8) is 0 Å². The van der Waals surface area contributed by atoms with Gasteiger partial charge in [-0.3, -0.25) is 14.4 Å². The van der Waals surface area contributed by atoms with Crippen molar-refractivity contribution >= 4 is 35.0 Å². The van der Waals surface area contributed by atoms with Crippen molar-refractivity contribution in [1.29, 1.82) is 0 Å². The SMILES string of the molecule is C=C(Nc1ncc(C)cn1)C(=O)N[C@H]1CC[C@H](C(=O)N(C)C)C[C@H]1NC(=O)c1nc2c(s1)CN(C)CC2. The van der Waals surface area contributed by atoms with Crippen molar-refractivity contribution in [2.75, 3.05) is 33.0 Å². The number of aromatic nitrogens is 3. The first-order valence-electron chi connectivity index (χ1n) is 12.3. The maximum Gasteiger partial charge on any atom is 0.280 e. The topological polar surface area (TPSA) is 132 Å². The molecule has 37 heavy (non-hydrogen) atoms. The lowest BCUT2D eigenvalue weighted by Gasteiger charge is -2.37.